The number of methoxy groups -OCH3 is 1. The van der Waals surface area contributed by atoms with Crippen LogP contribution in [0.25, 0.3) is 43.9 Å². The highest BCUT2D eigenvalue weighted by molar-refractivity contribution is 9.10. The number of rotatable bonds is 13. The minimum atomic E-state index is -1.21. The number of nitrogens with zero attached hydrogens (tertiary/aromatic N) is 8. The van der Waals surface area contributed by atoms with Gasteiger partial charge in [-0.15, -0.1) is 23.5 Å². The van der Waals surface area contributed by atoms with Crippen LogP contribution in [0.1, 0.15) is 80.8 Å². The molecule has 0 spiro atoms. The van der Waals surface area contributed by atoms with Gasteiger partial charge in [0.2, 0.25) is 10.3 Å². The van der Waals surface area contributed by atoms with Crippen LogP contribution in [-0.4, -0.2) is 138 Å². The third kappa shape index (κ3) is 12.5. The van der Waals surface area contributed by atoms with Crippen LogP contribution in [0.3, 0.4) is 0 Å². The van der Waals surface area contributed by atoms with Crippen LogP contribution < -0.4 is 0 Å². The molecule has 0 aliphatic carbocycles. The lowest BCUT2D eigenvalue weighted by molar-refractivity contribution is 0.0301. The van der Waals surface area contributed by atoms with Crippen molar-refractivity contribution in [2.24, 2.45) is 0 Å². The summed E-state index contributed by atoms with van der Waals surface area (Å²) in [6, 6.07) is 16.3. The molecule has 6 heterocycles. The number of hydrogen-bond acceptors (Lipinski definition) is 15. The van der Waals surface area contributed by atoms with Crippen molar-refractivity contribution in [2.45, 2.75) is 60.5 Å². The number of thiazole rings is 2. The van der Waals surface area contributed by atoms with E-state index in [1.54, 1.807) is 83.6 Å². The molecule has 3 aromatic carbocycles. The molecule has 2 fully saturated rings. The van der Waals surface area contributed by atoms with Gasteiger partial charge in [0.05, 0.1) is 90.4 Å². The standard InChI is InChI=1S/C28H26ClFN4O4S2.C23H24BrClN4O4S2/c1-15(2)39-27-23(18-7-8-21(29)20(14-18)25(35)33-9-11-38-12-10-33)31-28(40-27)34-24(26(36)37)22(16(3)32-34)17-5-4-6-19(30)13-17;1-12(2)34-22-18(26-23(35-22)29-19(21(31)32-4)17(24)13(3)27-29)14-5-6-16(25)15(11-14)20(30)28-7-9-33-10-8-28/h4-8,13-15H,9-12H2,1-3H3,(H,36,37);5-6,11-12H,7-10H2,1-4H3. The molecule has 4 aromatic heterocycles. The minimum absolute atomic E-state index is 0.108. The first-order valence-corrected chi connectivity index (χ1v) is 28.4. The highest BCUT2D eigenvalue weighted by atomic mass is 79.9. The molecule has 2 aliphatic rings. The number of aromatic nitrogens is 6. The Morgan fingerprint density at radius 3 is 1.61 bits per heavy atom. The quantitative estimate of drug-likeness (QED) is 0.0849. The number of halogens is 4. The zero-order valence-electron chi connectivity index (χ0n) is 41.6. The first kappa shape index (κ1) is 56.0. The predicted octanol–water partition coefficient (Wildman–Crippen LogP) is 11.9. The van der Waals surface area contributed by atoms with E-state index in [4.69, 9.17) is 47.4 Å². The third-order valence-corrected chi connectivity index (χ3v) is 17.6. The Morgan fingerprint density at radius 1 is 0.707 bits per heavy atom. The number of thioether (sulfide) groups is 2. The number of carboxylic acid groups (broad SMARTS) is 1. The Balaban J connectivity index is 0.000000201. The van der Waals surface area contributed by atoms with Crippen LogP contribution in [0.15, 0.2) is 73.6 Å². The number of benzene rings is 3. The molecule has 0 unspecified atom stereocenters. The van der Waals surface area contributed by atoms with Gasteiger partial charge in [0.15, 0.2) is 11.4 Å². The van der Waals surface area contributed by atoms with E-state index in [1.165, 1.54) is 57.3 Å². The van der Waals surface area contributed by atoms with Crippen LogP contribution in [-0.2, 0) is 14.2 Å². The van der Waals surface area contributed by atoms with Crippen LogP contribution in [0.4, 0.5) is 4.39 Å². The number of aromatic carboxylic acids is 1. The van der Waals surface area contributed by atoms with Gasteiger partial charge < -0.3 is 29.1 Å². The van der Waals surface area contributed by atoms with Crippen molar-refractivity contribution in [1.82, 2.24) is 39.3 Å². The molecule has 1 N–H and O–H groups in total. The monoisotopic (exact) mass is 1200 g/mol. The van der Waals surface area contributed by atoms with Crippen LogP contribution in [0.2, 0.25) is 10.0 Å². The molecule has 7 aromatic rings. The van der Waals surface area contributed by atoms with Crippen molar-refractivity contribution in [3.63, 3.8) is 0 Å². The average Bonchev–Trinajstić information content (AvgIpc) is 4.18. The Morgan fingerprint density at radius 2 is 1.17 bits per heavy atom. The fourth-order valence-corrected chi connectivity index (χ4v) is 13.8. The number of aryl methyl sites for hydroxylation is 2. The summed E-state index contributed by atoms with van der Waals surface area (Å²) in [5.41, 5.74) is 5.52. The summed E-state index contributed by atoms with van der Waals surface area (Å²) in [7, 11) is 1.33. The summed E-state index contributed by atoms with van der Waals surface area (Å²) in [6.45, 7) is 15.8. The predicted molar refractivity (Wildman–Crippen MR) is 296 cm³/mol. The second-order valence-corrected chi connectivity index (χ2v) is 24.7. The Kier molecular flexibility index (Phi) is 18.3. The van der Waals surface area contributed by atoms with E-state index in [0.717, 1.165) is 14.0 Å². The summed E-state index contributed by atoms with van der Waals surface area (Å²) in [4.78, 5) is 64.6. The van der Waals surface area contributed by atoms with Gasteiger partial charge in [-0.25, -0.2) is 23.9 Å². The highest BCUT2D eigenvalue weighted by Crippen LogP contribution is 2.43. The normalized spacial score (nSPS) is 13.8. The molecule has 9 rings (SSSR count). The van der Waals surface area contributed by atoms with Crippen molar-refractivity contribution < 1.29 is 42.9 Å². The van der Waals surface area contributed by atoms with E-state index >= 15 is 0 Å². The number of morpholine rings is 2. The maximum Gasteiger partial charge on any atom is 0.358 e. The Hall–Kier alpha value is -5.17. The number of hydrogen-bond donors (Lipinski definition) is 1. The zero-order valence-corrected chi connectivity index (χ0v) is 48.0. The van der Waals surface area contributed by atoms with Crippen molar-refractivity contribution >= 4 is 109 Å². The molecule has 75 heavy (non-hydrogen) atoms. The molecule has 24 heteroatoms. The lowest BCUT2D eigenvalue weighted by atomic mass is 10.0. The maximum absolute atomic E-state index is 14.0. The molecule has 0 atom stereocenters. The molecule has 0 saturated carbocycles. The number of carboxylic acids is 1. The van der Waals surface area contributed by atoms with E-state index in [2.05, 4.69) is 40.0 Å². The van der Waals surface area contributed by atoms with Crippen molar-refractivity contribution in [3.8, 4) is 43.9 Å². The van der Waals surface area contributed by atoms with Crippen molar-refractivity contribution in [1.29, 1.82) is 0 Å². The van der Waals surface area contributed by atoms with E-state index in [-0.39, 0.29) is 33.7 Å². The smallest absolute Gasteiger partial charge is 0.358 e. The van der Waals surface area contributed by atoms with Gasteiger partial charge in [-0.2, -0.15) is 19.6 Å². The van der Waals surface area contributed by atoms with E-state index in [1.807, 2.05) is 19.9 Å². The molecule has 394 valence electrons. The van der Waals surface area contributed by atoms with E-state index in [9.17, 15) is 28.7 Å². The second-order valence-electron chi connectivity index (χ2n) is 17.5. The molecule has 2 aliphatic heterocycles. The summed E-state index contributed by atoms with van der Waals surface area (Å²) >= 11 is 22.3. The molecule has 2 amide bonds. The Bertz CT molecular complexity index is 3300. The molecular weight excluding hydrogens is 1150 g/mol. The summed E-state index contributed by atoms with van der Waals surface area (Å²) in [5.74, 6) is -2.51. The van der Waals surface area contributed by atoms with Crippen molar-refractivity contribution in [3.05, 3.63) is 115 Å². The van der Waals surface area contributed by atoms with Gasteiger partial charge >= 0.3 is 11.9 Å². The molecular formula is C51H50BrCl2FN8O8S4. The van der Waals surface area contributed by atoms with Gasteiger partial charge in [0.1, 0.15) is 5.82 Å². The van der Waals surface area contributed by atoms with Crippen LogP contribution >= 0.6 is 85.3 Å². The van der Waals surface area contributed by atoms with Gasteiger partial charge in [0.25, 0.3) is 11.8 Å². The molecule has 0 radical (unpaired) electrons. The lowest BCUT2D eigenvalue weighted by Gasteiger charge is -2.27. The minimum Gasteiger partial charge on any atom is -0.476 e. The van der Waals surface area contributed by atoms with E-state index in [0.29, 0.717) is 128 Å². The number of ether oxygens (including phenoxy) is 3. The maximum atomic E-state index is 14.0. The van der Waals surface area contributed by atoms with Gasteiger partial charge in [-0.3, -0.25) is 9.59 Å². The van der Waals surface area contributed by atoms with Gasteiger partial charge in [-0.1, -0.05) is 97.8 Å². The molecule has 16 nitrogen and oxygen atoms in total. The fourth-order valence-electron chi connectivity index (χ4n) is 8.04. The average molecular weight is 1200 g/mol. The second kappa shape index (κ2) is 24.4. The SMILES string of the molecule is COC(=O)c1c(Br)c(C)nn1-c1nc(-c2ccc(Cl)c(C(=O)N3CCOCC3)c2)c(SC(C)C)s1.Cc1nn(-c2nc(-c3ccc(Cl)c(C(=O)N4CCOCC4)c3)c(SC(C)C)s2)c(C(=O)O)c1-c1cccc(F)c1. The highest BCUT2D eigenvalue weighted by Gasteiger charge is 2.30. The summed E-state index contributed by atoms with van der Waals surface area (Å²) in [5, 5.41) is 21.3. The topological polar surface area (TPSA) is 184 Å². The molecule has 2 saturated heterocycles. The van der Waals surface area contributed by atoms with E-state index < -0.39 is 17.8 Å². The summed E-state index contributed by atoms with van der Waals surface area (Å²) in [6.07, 6.45) is 0. The third-order valence-electron chi connectivity index (χ3n) is 11.5. The number of esters is 1. The largest absolute Gasteiger partial charge is 0.476 e. The first-order chi connectivity index (χ1) is 35.8. The molecule has 0 bridgehead atoms. The summed E-state index contributed by atoms with van der Waals surface area (Å²) < 4.78 is 34.9. The number of amides is 2. The number of carbonyl (C=O) groups excluding carboxylic acids is 3. The lowest BCUT2D eigenvalue weighted by Crippen LogP contribution is -2.40. The van der Waals surface area contributed by atoms with Gasteiger partial charge in [-0.05, 0) is 71.7 Å². The fraction of sp³-hybridized carbons (Fsp3) is 0.333. The Labute approximate surface area is 467 Å². The first-order valence-electron chi connectivity index (χ1n) is 23.5. The van der Waals surface area contributed by atoms with Crippen molar-refractivity contribution in [2.75, 3.05) is 59.7 Å². The van der Waals surface area contributed by atoms with Gasteiger partial charge in [0, 0.05) is 53.4 Å². The number of carbonyl (C=O) groups is 4. The zero-order chi connectivity index (χ0) is 53.8. The van der Waals surface area contributed by atoms with Crippen LogP contribution in [0.5, 0.6) is 0 Å². The van der Waals surface area contributed by atoms with Crippen LogP contribution in [0, 0.1) is 19.7 Å².